The van der Waals surface area contributed by atoms with E-state index in [1.54, 1.807) is 37.3 Å². The summed E-state index contributed by atoms with van der Waals surface area (Å²) < 4.78 is 26.8. The number of methoxy groups -OCH3 is 5. The van der Waals surface area contributed by atoms with Crippen molar-refractivity contribution in [3.8, 4) is 28.7 Å². The van der Waals surface area contributed by atoms with Gasteiger partial charge in [0.1, 0.15) is 0 Å². The van der Waals surface area contributed by atoms with Crippen LogP contribution in [0.1, 0.15) is 12.0 Å². The van der Waals surface area contributed by atoms with Crippen LogP contribution >= 0.6 is 0 Å². The van der Waals surface area contributed by atoms with Gasteiger partial charge in [0.25, 0.3) is 0 Å². The van der Waals surface area contributed by atoms with E-state index in [1.165, 1.54) is 21.3 Å². The van der Waals surface area contributed by atoms with E-state index < -0.39 is 5.92 Å². The summed E-state index contributed by atoms with van der Waals surface area (Å²) >= 11 is 0. The third-order valence-corrected chi connectivity index (χ3v) is 5.39. The van der Waals surface area contributed by atoms with E-state index in [9.17, 15) is 9.59 Å². The smallest absolute Gasteiger partial charge is 0.227 e. The van der Waals surface area contributed by atoms with E-state index in [0.717, 1.165) is 5.56 Å². The number of rotatable bonds is 9. The maximum absolute atomic E-state index is 12.8. The Hall–Kier alpha value is -3.62. The number of para-hydroxylation sites is 1. The third-order valence-electron chi connectivity index (χ3n) is 5.39. The minimum Gasteiger partial charge on any atom is -0.493 e. The highest BCUT2D eigenvalue weighted by Crippen LogP contribution is 2.42. The lowest BCUT2D eigenvalue weighted by molar-refractivity contribution is -0.126. The number of carbonyl (C=O) groups excluding carboxylic acids is 2. The molecule has 2 amide bonds. The number of ether oxygens (including phenoxy) is 5. The summed E-state index contributed by atoms with van der Waals surface area (Å²) in [6.45, 7) is 0.507. The molecule has 1 heterocycles. The number of hydrogen-bond donors (Lipinski definition) is 1. The molecule has 1 fully saturated rings. The van der Waals surface area contributed by atoms with Crippen LogP contribution in [-0.4, -0.2) is 53.9 Å². The monoisotopic (exact) mass is 444 g/mol. The zero-order chi connectivity index (χ0) is 23.3. The van der Waals surface area contributed by atoms with Gasteiger partial charge in [0, 0.05) is 37.2 Å². The summed E-state index contributed by atoms with van der Waals surface area (Å²) in [6.07, 6.45) is 0.109. The predicted molar refractivity (Wildman–Crippen MR) is 118 cm³/mol. The van der Waals surface area contributed by atoms with Crippen LogP contribution in [0.15, 0.2) is 30.3 Å². The molecule has 1 unspecified atom stereocenters. The first kappa shape index (κ1) is 23.1. The minimum atomic E-state index is -0.488. The highest BCUT2D eigenvalue weighted by molar-refractivity contribution is 6.00. The number of amides is 2. The van der Waals surface area contributed by atoms with Gasteiger partial charge in [0.15, 0.2) is 23.0 Å². The van der Waals surface area contributed by atoms with Crippen LogP contribution in [0.25, 0.3) is 0 Å². The summed E-state index contributed by atoms with van der Waals surface area (Å²) in [7, 11) is 7.64. The van der Waals surface area contributed by atoms with Crippen molar-refractivity contribution in [2.45, 2.75) is 13.0 Å². The first-order chi connectivity index (χ1) is 15.5. The van der Waals surface area contributed by atoms with E-state index >= 15 is 0 Å². The molecule has 2 aromatic carbocycles. The van der Waals surface area contributed by atoms with Gasteiger partial charge in [-0.15, -0.1) is 0 Å². The fourth-order valence-electron chi connectivity index (χ4n) is 3.78. The van der Waals surface area contributed by atoms with Crippen molar-refractivity contribution in [2.24, 2.45) is 5.92 Å². The van der Waals surface area contributed by atoms with Gasteiger partial charge in [-0.05, 0) is 6.07 Å². The van der Waals surface area contributed by atoms with Gasteiger partial charge in [-0.1, -0.05) is 12.1 Å². The molecule has 2 aromatic rings. The largest absolute Gasteiger partial charge is 0.493 e. The molecule has 9 heteroatoms. The highest BCUT2D eigenvalue weighted by atomic mass is 16.5. The number of nitrogens with one attached hydrogen (secondary N) is 1. The Kier molecular flexibility index (Phi) is 7.29. The van der Waals surface area contributed by atoms with Crippen LogP contribution in [0.3, 0.4) is 0 Å². The van der Waals surface area contributed by atoms with E-state index in [-0.39, 0.29) is 31.3 Å². The fraction of sp³-hybridized carbons (Fsp3) is 0.391. The summed E-state index contributed by atoms with van der Waals surface area (Å²) in [5, 5.41) is 2.90. The molecule has 0 radical (unpaired) electrons. The van der Waals surface area contributed by atoms with E-state index in [4.69, 9.17) is 23.7 Å². The maximum atomic E-state index is 12.8. The second-order valence-corrected chi connectivity index (χ2v) is 7.16. The van der Waals surface area contributed by atoms with Crippen LogP contribution in [0.4, 0.5) is 5.69 Å². The Morgan fingerprint density at radius 2 is 1.56 bits per heavy atom. The van der Waals surface area contributed by atoms with Gasteiger partial charge in [0.05, 0.1) is 47.2 Å². The molecule has 32 heavy (non-hydrogen) atoms. The Bertz CT molecular complexity index is 967. The Morgan fingerprint density at radius 1 is 0.938 bits per heavy atom. The predicted octanol–water partition coefficient (Wildman–Crippen LogP) is 2.40. The van der Waals surface area contributed by atoms with Crippen molar-refractivity contribution in [3.63, 3.8) is 0 Å². The lowest BCUT2D eigenvalue weighted by Crippen LogP contribution is -2.32. The summed E-state index contributed by atoms with van der Waals surface area (Å²) in [5.74, 6) is 1.61. The van der Waals surface area contributed by atoms with Crippen LogP contribution < -0.4 is 33.9 Å². The average molecular weight is 444 g/mol. The molecule has 0 aromatic heterocycles. The normalized spacial score (nSPS) is 15.3. The molecule has 3 rings (SSSR count). The SMILES string of the molecule is COc1cccc(CNC(=O)C2CC(=O)N(c3cc(OC)c(OC)c(OC)c3)C2)c1OC. The number of benzene rings is 2. The summed E-state index contributed by atoms with van der Waals surface area (Å²) in [6, 6.07) is 8.86. The second kappa shape index (κ2) is 10.1. The zero-order valence-electron chi connectivity index (χ0n) is 18.9. The highest BCUT2D eigenvalue weighted by Gasteiger charge is 2.36. The van der Waals surface area contributed by atoms with Gasteiger partial charge in [-0.2, -0.15) is 0 Å². The van der Waals surface area contributed by atoms with Crippen molar-refractivity contribution in [3.05, 3.63) is 35.9 Å². The number of nitrogens with zero attached hydrogens (tertiary/aromatic N) is 1. The van der Waals surface area contributed by atoms with Gasteiger partial charge in [-0.3, -0.25) is 9.59 Å². The van der Waals surface area contributed by atoms with Crippen LogP contribution in [0, 0.1) is 5.92 Å². The molecule has 1 atom stereocenters. The van der Waals surface area contributed by atoms with Crippen molar-refractivity contribution >= 4 is 17.5 Å². The molecular weight excluding hydrogens is 416 g/mol. The fourth-order valence-corrected chi connectivity index (χ4v) is 3.78. The molecule has 1 aliphatic heterocycles. The molecule has 0 saturated carbocycles. The maximum Gasteiger partial charge on any atom is 0.227 e. The second-order valence-electron chi connectivity index (χ2n) is 7.16. The van der Waals surface area contributed by atoms with Gasteiger partial charge in [-0.25, -0.2) is 0 Å². The molecule has 1 aliphatic rings. The molecule has 0 aliphatic carbocycles. The summed E-state index contributed by atoms with van der Waals surface area (Å²) in [5.41, 5.74) is 1.36. The minimum absolute atomic E-state index is 0.109. The molecule has 1 N–H and O–H groups in total. The first-order valence-electron chi connectivity index (χ1n) is 10.0. The number of hydrogen-bond acceptors (Lipinski definition) is 7. The van der Waals surface area contributed by atoms with E-state index in [1.807, 2.05) is 12.1 Å². The lowest BCUT2D eigenvalue weighted by atomic mass is 10.1. The molecule has 172 valence electrons. The summed E-state index contributed by atoms with van der Waals surface area (Å²) in [4.78, 5) is 27.1. The van der Waals surface area contributed by atoms with E-state index in [0.29, 0.717) is 34.4 Å². The zero-order valence-corrected chi connectivity index (χ0v) is 18.9. The third kappa shape index (κ3) is 4.51. The number of carbonyl (C=O) groups is 2. The average Bonchev–Trinajstić information content (AvgIpc) is 3.22. The molecule has 0 bridgehead atoms. The Morgan fingerprint density at radius 3 is 2.12 bits per heavy atom. The van der Waals surface area contributed by atoms with Crippen molar-refractivity contribution < 1.29 is 33.3 Å². The first-order valence-corrected chi connectivity index (χ1v) is 10.0. The van der Waals surface area contributed by atoms with E-state index in [2.05, 4.69) is 5.32 Å². The van der Waals surface area contributed by atoms with Crippen LogP contribution in [-0.2, 0) is 16.1 Å². The standard InChI is InChI=1S/C23H28N2O7/c1-28-17-8-6-7-14(21(17)31-4)12-24-23(27)15-9-20(26)25(13-15)16-10-18(29-2)22(32-5)19(11-16)30-3/h6-8,10-11,15H,9,12-13H2,1-5H3,(H,24,27). The quantitative estimate of drug-likeness (QED) is 0.635. The topological polar surface area (TPSA) is 95.6 Å². The van der Waals surface area contributed by atoms with Crippen molar-refractivity contribution in [1.29, 1.82) is 0 Å². The Labute approximate surface area is 187 Å². The molecular formula is C23H28N2O7. The van der Waals surface area contributed by atoms with Crippen molar-refractivity contribution in [1.82, 2.24) is 5.32 Å². The van der Waals surface area contributed by atoms with Crippen molar-refractivity contribution in [2.75, 3.05) is 47.0 Å². The molecule has 0 spiro atoms. The van der Waals surface area contributed by atoms with Gasteiger partial charge < -0.3 is 33.9 Å². The molecule has 1 saturated heterocycles. The van der Waals surface area contributed by atoms with Crippen LogP contribution in [0.2, 0.25) is 0 Å². The van der Waals surface area contributed by atoms with Gasteiger partial charge >= 0.3 is 0 Å². The number of anilines is 1. The van der Waals surface area contributed by atoms with Crippen LogP contribution in [0.5, 0.6) is 28.7 Å². The van der Waals surface area contributed by atoms with Gasteiger partial charge in [0.2, 0.25) is 17.6 Å². The lowest BCUT2D eigenvalue weighted by Gasteiger charge is -2.20. The Balaban J connectivity index is 1.73. The molecule has 9 nitrogen and oxygen atoms in total.